The summed E-state index contributed by atoms with van der Waals surface area (Å²) < 4.78 is 1.57. The van der Waals surface area contributed by atoms with Gasteiger partial charge in [-0.3, -0.25) is 4.90 Å². The summed E-state index contributed by atoms with van der Waals surface area (Å²) >= 11 is 1.54. The zero-order valence-electron chi connectivity index (χ0n) is 15.5. The van der Waals surface area contributed by atoms with Crippen molar-refractivity contribution in [2.24, 2.45) is 0 Å². The van der Waals surface area contributed by atoms with Crippen LogP contribution in [0.1, 0.15) is 34.8 Å². The molecule has 0 aliphatic carbocycles. The molecule has 1 aromatic carbocycles. The number of likely N-dealkylation sites (N-methyl/N-ethyl adjacent to an activating group) is 1. The summed E-state index contributed by atoms with van der Waals surface area (Å²) in [6.07, 6.45) is 0. The van der Waals surface area contributed by atoms with Gasteiger partial charge in [0.25, 0.3) is 0 Å². The summed E-state index contributed by atoms with van der Waals surface area (Å²) in [6.45, 7) is 11.4. The van der Waals surface area contributed by atoms with Gasteiger partial charge >= 0.3 is 0 Å². The SMILES string of the molecule is CCN1CCN([C@H](c2ccccc2C)c2sc3nc(C)nn3c2O)CC1. The molecule has 4 rings (SSSR count). The average molecular weight is 372 g/mol. The predicted octanol–water partition coefficient (Wildman–Crippen LogP) is 2.84. The molecule has 3 heterocycles. The number of rotatable bonds is 4. The number of fused-ring (bicyclic) bond motifs is 1. The minimum Gasteiger partial charge on any atom is -0.492 e. The van der Waals surface area contributed by atoms with Crippen LogP contribution in [0.3, 0.4) is 0 Å². The fourth-order valence-corrected chi connectivity index (χ4v) is 4.91. The first-order valence-electron chi connectivity index (χ1n) is 9.15. The van der Waals surface area contributed by atoms with Crippen LogP contribution in [0, 0.1) is 13.8 Å². The smallest absolute Gasteiger partial charge is 0.230 e. The second-order valence-electron chi connectivity index (χ2n) is 6.87. The summed E-state index contributed by atoms with van der Waals surface area (Å²) in [7, 11) is 0. The van der Waals surface area contributed by atoms with Crippen molar-refractivity contribution in [3.8, 4) is 5.88 Å². The first-order chi connectivity index (χ1) is 12.6. The highest BCUT2D eigenvalue weighted by Crippen LogP contribution is 2.41. The molecule has 2 aromatic heterocycles. The summed E-state index contributed by atoms with van der Waals surface area (Å²) in [5.41, 5.74) is 2.49. The van der Waals surface area contributed by atoms with Crippen LogP contribution in [0.5, 0.6) is 5.88 Å². The Morgan fingerprint density at radius 2 is 1.88 bits per heavy atom. The van der Waals surface area contributed by atoms with Crippen molar-refractivity contribution >= 4 is 16.3 Å². The Kier molecular flexibility index (Phi) is 4.69. The van der Waals surface area contributed by atoms with Gasteiger partial charge in [0.05, 0.1) is 10.9 Å². The van der Waals surface area contributed by atoms with E-state index < -0.39 is 0 Å². The topological polar surface area (TPSA) is 56.9 Å². The number of piperazine rings is 1. The van der Waals surface area contributed by atoms with E-state index in [1.54, 1.807) is 15.9 Å². The maximum absolute atomic E-state index is 10.9. The lowest BCUT2D eigenvalue weighted by molar-refractivity contribution is 0.113. The van der Waals surface area contributed by atoms with Gasteiger partial charge in [-0.05, 0) is 31.5 Å². The zero-order valence-corrected chi connectivity index (χ0v) is 16.3. The van der Waals surface area contributed by atoms with Crippen molar-refractivity contribution in [3.05, 3.63) is 46.1 Å². The number of benzene rings is 1. The Hall–Kier alpha value is -1.96. The molecule has 1 N–H and O–H groups in total. The first kappa shape index (κ1) is 17.5. The Bertz CT molecular complexity index is 910. The second kappa shape index (κ2) is 6.98. The lowest BCUT2D eigenvalue weighted by Gasteiger charge is -2.39. The normalized spacial score (nSPS) is 17.8. The highest BCUT2D eigenvalue weighted by Gasteiger charge is 2.32. The molecule has 0 bridgehead atoms. The van der Waals surface area contributed by atoms with Crippen LogP contribution >= 0.6 is 11.3 Å². The van der Waals surface area contributed by atoms with E-state index >= 15 is 0 Å². The Labute approximate surface area is 157 Å². The maximum atomic E-state index is 10.9. The standard InChI is InChI=1S/C19H25N5OS/c1-4-22-9-11-23(12-10-22)16(15-8-6-5-7-13(15)2)17-18(25)24-19(26-17)20-14(3)21-24/h5-8,16,25H,4,9-12H2,1-3H3/t16-/m1/s1. The molecule has 26 heavy (non-hydrogen) atoms. The van der Waals surface area contributed by atoms with Crippen LogP contribution in [0.25, 0.3) is 4.96 Å². The number of aromatic nitrogens is 3. The minimum atomic E-state index is 0.0315. The van der Waals surface area contributed by atoms with Crippen LogP contribution in [-0.4, -0.2) is 62.2 Å². The van der Waals surface area contributed by atoms with Gasteiger partial charge in [0.1, 0.15) is 5.82 Å². The van der Waals surface area contributed by atoms with E-state index in [4.69, 9.17) is 0 Å². The van der Waals surface area contributed by atoms with Crippen molar-refractivity contribution in [1.82, 2.24) is 24.4 Å². The third-order valence-electron chi connectivity index (χ3n) is 5.26. The summed E-state index contributed by atoms with van der Waals surface area (Å²) in [5, 5.41) is 15.2. The summed E-state index contributed by atoms with van der Waals surface area (Å²) in [4.78, 5) is 11.1. The molecular weight excluding hydrogens is 346 g/mol. The zero-order chi connectivity index (χ0) is 18.3. The quantitative estimate of drug-likeness (QED) is 0.764. The number of hydrogen-bond acceptors (Lipinski definition) is 6. The van der Waals surface area contributed by atoms with Crippen molar-refractivity contribution < 1.29 is 5.11 Å². The molecule has 0 amide bonds. The Balaban J connectivity index is 1.78. The molecule has 1 aliphatic rings. The molecule has 0 spiro atoms. The highest BCUT2D eigenvalue weighted by molar-refractivity contribution is 7.17. The van der Waals surface area contributed by atoms with Crippen LogP contribution in [0.2, 0.25) is 0 Å². The van der Waals surface area contributed by atoms with Crippen molar-refractivity contribution in [2.75, 3.05) is 32.7 Å². The van der Waals surface area contributed by atoms with E-state index in [9.17, 15) is 5.11 Å². The monoisotopic (exact) mass is 371 g/mol. The molecule has 0 saturated carbocycles. The fourth-order valence-electron chi connectivity index (χ4n) is 3.76. The van der Waals surface area contributed by atoms with E-state index in [0.29, 0.717) is 5.82 Å². The predicted molar refractivity (Wildman–Crippen MR) is 104 cm³/mol. The van der Waals surface area contributed by atoms with E-state index in [-0.39, 0.29) is 11.9 Å². The van der Waals surface area contributed by atoms with Crippen molar-refractivity contribution in [2.45, 2.75) is 26.8 Å². The van der Waals surface area contributed by atoms with Gasteiger partial charge in [-0.15, -0.1) is 5.10 Å². The number of nitrogens with zero attached hydrogens (tertiary/aromatic N) is 5. The number of aromatic hydroxyl groups is 1. The van der Waals surface area contributed by atoms with E-state index in [1.807, 2.05) is 6.92 Å². The molecule has 138 valence electrons. The van der Waals surface area contributed by atoms with Crippen molar-refractivity contribution in [3.63, 3.8) is 0 Å². The van der Waals surface area contributed by atoms with Gasteiger partial charge in [0, 0.05) is 26.2 Å². The molecule has 1 saturated heterocycles. The largest absolute Gasteiger partial charge is 0.492 e. The van der Waals surface area contributed by atoms with Crippen LogP contribution < -0.4 is 0 Å². The lowest BCUT2D eigenvalue weighted by atomic mass is 9.98. The number of hydrogen-bond donors (Lipinski definition) is 1. The highest BCUT2D eigenvalue weighted by atomic mass is 32.1. The van der Waals surface area contributed by atoms with E-state index in [0.717, 1.165) is 42.6 Å². The van der Waals surface area contributed by atoms with Crippen LogP contribution in [0.15, 0.2) is 24.3 Å². The van der Waals surface area contributed by atoms with Crippen LogP contribution in [0.4, 0.5) is 0 Å². The van der Waals surface area contributed by atoms with Crippen LogP contribution in [-0.2, 0) is 0 Å². The third-order valence-corrected chi connectivity index (χ3v) is 6.33. The maximum Gasteiger partial charge on any atom is 0.230 e. The number of aryl methyl sites for hydroxylation is 2. The molecule has 7 heteroatoms. The number of thiazole rings is 1. The Morgan fingerprint density at radius 3 is 2.54 bits per heavy atom. The molecule has 1 fully saturated rings. The van der Waals surface area contributed by atoms with Crippen molar-refractivity contribution in [1.29, 1.82) is 0 Å². The van der Waals surface area contributed by atoms with Gasteiger partial charge in [-0.25, -0.2) is 4.98 Å². The summed E-state index contributed by atoms with van der Waals surface area (Å²) in [5.74, 6) is 0.902. The molecule has 1 atom stereocenters. The fraction of sp³-hybridized carbons (Fsp3) is 0.474. The molecule has 3 aromatic rings. The summed E-state index contributed by atoms with van der Waals surface area (Å²) in [6, 6.07) is 8.49. The molecular formula is C19H25N5OS. The Morgan fingerprint density at radius 1 is 1.15 bits per heavy atom. The first-order valence-corrected chi connectivity index (χ1v) is 9.97. The molecule has 1 aliphatic heterocycles. The lowest BCUT2D eigenvalue weighted by Crippen LogP contribution is -2.47. The molecule has 0 radical (unpaired) electrons. The van der Waals surface area contributed by atoms with Gasteiger partial charge in [-0.1, -0.05) is 42.5 Å². The van der Waals surface area contributed by atoms with E-state index in [2.05, 4.69) is 58.0 Å². The van der Waals surface area contributed by atoms with Gasteiger partial charge < -0.3 is 10.0 Å². The van der Waals surface area contributed by atoms with Gasteiger partial charge in [0.15, 0.2) is 0 Å². The van der Waals surface area contributed by atoms with Gasteiger partial charge in [-0.2, -0.15) is 4.52 Å². The van der Waals surface area contributed by atoms with E-state index in [1.165, 1.54) is 11.1 Å². The van der Waals surface area contributed by atoms with Gasteiger partial charge in [0.2, 0.25) is 10.8 Å². The molecule has 0 unspecified atom stereocenters. The second-order valence-corrected chi connectivity index (χ2v) is 7.88. The molecule has 6 nitrogen and oxygen atoms in total. The minimum absolute atomic E-state index is 0.0315. The average Bonchev–Trinajstić information content (AvgIpc) is 3.15. The third kappa shape index (κ3) is 3.00.